The Hall–Kier alpha value is -2.33. The molecule has 4 aromatic rings. The smallest absolute Gasteiger partial charge is 0.0813 e. The van der Waals surface area contributed by atoms with Gasteiger partial charge >= 0.3 is 0 Å². The fraction of sp³-hybridized carbons (Fsp3) is 0.0625. The maximum Gasteiger partial charge on any atom is 0.0813 e. The summed E-state index contributed by atoms with van der Waals surface area (Å²) in [5.74, 6) is 0. The van der Waals surface area contributed by atoms with Crippen LogP contribution in [-0.2, 0) is 6.54 Å². The lowest BCUT2D eigenvalue weighted by Gasteiger charge is -2.05. The van der Waals surface area contributed by atoms with Gasteiger partial charge in [-0.15, -0.1) is 11.3 Å². The number of anilines is 1. The van der Waals surface area contributed by atoms with E-state index in [-0.39, 0.29) is 0 Å². The molecule has 2 aromatic heterocycles. The number of benzene rings is 2. The summed E-state index contributed by atoms with van der Waals surface area (Å²) in [4.78, 5) is 7.60. The number of hydrogen-bond acceptors (Lipinski definition) is 3. The summed E-state index contributed by atoms with van der Waals surface area (Å²) in [5, 5.41) is 4.76. The summed E-state index contributed by atoms with van der Waals surface area (Å²) >= 11 is 1.67. The Labute approximate surface area is 120 Å². The highest BCUT2D eigenvalue weighted by Crippen LogP contribution is 2.23. The van der Waals surface area contributed by atoms with E-state index in [2.05, 4.69) is 57.9 Å². The van der Waals surface area contributed by atoms with E-state index in [4.69, 9.17) is 0 Å². The van der Waals surface area contributed by atoms with E-state index in [0.29, 0.717) is 0 Å². The van der Waals surface area contributed by atoms with Crippen molar-refractivity contribution >= 4 is 38.1 Å². The second-order valence-corrected chi connectivity index (χ2v) is 5.63. The number of thiazole rings is 1. The van der Waals surface area contributed by atoms with Gasteiger partial charge in [0.2, 0.25) is 0 Å². The van der Waals surface area contributed by atoms with Crippen LogP contribution in [0.5, 0.6) is 0 Å². The molecular formula is C16H13N3S. The Bertz CT molecular complexity index is 875. The second-order valence-electron chi connectivity index (χ2n) is 4.75. The van der Waals surface area contributed by atoms with E-state index in [1.807, 2.05) is 11.6 Å². The summed E-state index contributed by atoms with van der Waals surface area (Å²) in [7, 11) is 0. The molecule has 20 heavy (non-hydrogen) atoms. The molecule has 0 radical (unpaired) electrons. The maximum absolute atomic E-state index is 4.30. The standard InChI is InChI=1S/C16H13N3S/c1-2-4-14-13(3-1)11(9-18-14)8-17-12-5-6-15-16(7-12)20-10-19-15/h1-7,9-10,17-18H,8H2. The van der Waals surface area contributed by atoms with Crippen LogP contribution >= 0.6 is 11.3 Å². The van der Waals surface area contributed by atoms with E-state index >= 15 is 0 Å². The molecule has 0 unspecified atom stereocenters. The van der Waals surface area contributed by atoms with Crippen molar-refractivity contribution in [1.82, 2.24) is 9.97 Å². The molecule has 0 fully saturated rings. The average molecular weight is 279 g/mol. The van der Waals surface area contributed by atoms with Crippen LogP contribution in [0.3, 0.4) is 0 Å². The summed E-state index contributed by atoms with van der Waals surface area (Å²) in [6, 6.07) is 14.7. The molecule has 4 heteroatoms. The molecule has 0 aliphatic carbocycles. The quantitative estimate of drug-likeness (QED) is 0.584. The molecule has 2 aromatic carbocycles. The minimum atomic E-state index is 0.814. The normalized spacial score (nSPS) is 11.2. The Morgan fingerprint density at radius 2 is 2.10 bits per heavy atom. The Morgan fingerprint density at radius 3 is 3.10 bits per heavy atom. The molecule has 98 valence electrons. The molecule has 3 nitrogen and oxygen atoms in total. The van der Waals surface area contributed by atoms with E-state index in [1.165, 1.54) is 21.2 Å². The molecule has 4 rings (SSSR count). The van der Waals surface area contributed by atoms with Crippen LogP contribution in [0.15, 0.2) is 54.2 Å². The topological polar surface area (TPSA) is 40.7 Å². The molecule has 2 N–H and O–H groups in total. The first-order valence-corrected chi connectivity index (χ1v) is 7.40. The van der Waals surface area contributed by atoms with Gasteiger partial charge in [0.1, 0.15) is 0 Å². The van der Waals surface area contributed by atoms with Crippen molar-refractivity contribution in [3.8, 4) is 0 Å². The highest BCUT2D eigenvalue weighted by molar-refractivity contribution is 7.16. The number of aromatic amines is 1. The van der Waals surface area contributed by atoms with E-state index < -0.39 is 0 Å². The van der Waals surface area contributed by atoms with Crippen molar-refractivity contribution in [1.29, 1.82) is 0 Å². The third kappa shape index (κ3) is 1.94. The van der Waals surface area contributed by atoms with Crippen LogP contribution in [0, 0.1) is 0 Å². The van der Waals surface area contributed by atoms with Gasteiger partial charge in [0.15, 0.2) is 0 Å². The zero-order valence-electron chi connectivity index (χ0n) is 10.8. The monoisotopic (exact) mass is 279 g/mol. The third-order valence-electron chi connectivity index (χ3n) is 3.49. The maximum atomic E-state index is 4.30. The number of hydrogen-bond donors (Lipinski definition) is 2. The lowest BCUT2D eigenvalue weighted by molar-refractivity contribution is 1.16. The minimum absolute atomic E-state index is 0.814. The fourth-order valence-electron chi connectivity index (χ4n) is 2.44. The molecule has 0 spiro atoms. The molecule has 0 aliphatic heterocycles. The Morgan fingerprint density at radius 1 is 1.15 bits per heavy atom. The summed E-state index contributed by atoms with van der Waals surface area (Å²) in [6.45, 7) is 0.814. The second kappa shape index (κ2) is 4.65. The summed E-state index contributed by atoms with van der Waals surface area (Å²) in [5.41, 5.74) is 6.54. The Kier molecular flexibility index (Phi) is 2.67. The molecule has 2 heterocycles. The van der Waals surface area contributed by atoms with Crippen molar-refractivity contribution in [2.45, 2.75) is 6.54 Å². The van der Waals surface area contributed by atoms with Gasteiger partial charge in [-0.1, -0.05) is 18.2 Å². The van der Waals surface area contributed by atoms with Crippen LogP contribution < -0.4 is 5.32 Å². The SMILES string of the molecule is c1ccc2c(CNc3ccc4ncsc4c3)c[nH]c2c1. The predicted molar refractivity (Wildman–Crippen MR) is 85.2 cm³/mol. The highest BCUT2D eigenvalue weighted by atomic mass is 32.1. The van der Waals surface area contributed by atoms with Gasteiger partial charge < -0.3 is 10.3 Å². The molecule has 0 saturated heterocycles. The van der Waals surface area contributed by atoms with Crippen molar-refractivity contribution in [3.63, 3.8) is 0 Å². The largest absolute Gasteiger partial charge is 0.381 e. The number of para-hydroxylation sites is 1. The van der Waals surface area contributed by atoms with E-state index in [9.17, 15) is 0 Å². The third-order valence-corrected chi connectivity index (χ3v) is 4.28. The number of nitrogens with one attached hydrogen (secondary N) is 2. The van der Waals surface area contributed by atoms with Gasteiger partial charge in [-0.2, -0.15) is 0 Å². The van der Waals surface area contributed by atoms with Crippen molar-refractivity contribution in [3.05, 3.63) is 59.7 Å². The van der Waals surface area contributed by atoms with Crippen LogP contribution in [0.4, 0.5) is 5.69 Å². The van der Waals surface area contributed by atoms with Crippen LogP contribution in [0.2, 0.25) is 0 Å². The molecule has 0 aliphatic rings. The van der Waals surface area contributed by atoms with Gasteiger partial charge in [-0.05, 0) is 29.8 Å². The lowest BCUT2D eigenvalue weighted by atomic mass is 10.2. The zero-order valence-corrected chi connectivity index (χ0v) is 11.6. The van der Waals surface area contributed by atoms with Crippen LogP contribution in [0.25, 0.3) is 21.1 Å². The first kappa shape index (κ1) is 11.5. The van der Waals surface area contributed by atoms with Crippen molar-refractivity contribution < 1.29 is 0 Å². The minimum Gasteiger partial charge on any atom is -0.381 e. The zero-order chi connectivity index (χ0) is 13.4. The number of aromatic nitrogens is 2. The average Bonchev–Trinajstić information content (AvgIpc) is 3.11. The molecular weight excluding hydrogens is 266 g/mol. The van der Waals surface area contributed by atoms with Crippen molar-refractivity contribution in [2.24, 2.45) is 0 Å². The number of H-pyrrole nitrogens is 1. The number of nitrogens with zero attached hydrogens (tertiary/aromatic N) is 1. The molecule has 0 bridgehead atoms. The molecule has 0 amide bonds. The summed E-state index contributed by atoms with van der Waals surface area (Å²) < 4.78 is 1.22. The molecule has 0 saturated carbocycles. The van der Waals surface area contributed by atoms with Crippen molar-refractivity contribution in [2.75, 3.05) is 5.32 Å². The van der Waals surface area contributed by atoms with Gasteiger partial charge in [0, 0.05) is 29.3 Å². The lowest BCUT2D eigenvalue weighted by Crippen LogP contribution is -1.98. The first-order valence-electron chi connectivity index (χ1n) is 6.52. The van der Waals surface area contributed by atoms with Crippen LogP contribution in [0.1, 0.15) is 5.56 Å². The number of rotatable bonds is 3. The summed E-state index contributed by atoms with van der Waals surface area (Å²) in [6.07, 6.45) is 2.07. The van der Waals surface area contributed by atoms with Gasteiger partial charge in [-0.25, -0.2) is 4.98 Å². The fourth-order valence-corrected chi connectivity index (χ4v) is 3.16. The van der Waals surface area contributed by atoms with E-state index in [1.54, 1.807) is 11.3 Å². The first-order chi connectivity index (χ1) is 9.90. The van der Waals surface area contributed by atoms with Gasteiger partial charge in [-0.3, -0.25) is 0 Å². The van der Waals surface area contributed by atoms with Gasteiger partial charge in [0.05, 0.1) is 15.7 Å². The predicted octanol–water partition coefficient (Wildman–Crippen LogP) is 4.39. The molecule has 0 atom stereocenters. The Balaban J connectivity index is 1.60. The van der Waals surface area contributed by atoms with Gasteiger partial charge in [0.25, 0.3) is 0 Å². The van der Waals surface area contributed by atoms with E-state index in [0.717, 1.165) is 17.7 Å². The highest BCUT2D eigenvalue weighted by Gasteiger charge is 2.03. The van der Waals surface area contributed by atoms with Crippen LogP contribution in [-0.4, -0.2) is 9.97 Å². The number of fused-ring (bicyclic) bond motifs is 2.